The van der Waals surface area contributed by atoms with Gasteiger partial charge in [0.05, 0.1) is 5.57 Å². The lowest BCUT2D eigenvalue weighted by Crippen LogP contribution is -2.03. The second kappa shape index (κ2) is 6.07. The number of rotatable bonds is 4. The van der Waals surface area contributed by atoms with Crippen molar-refractivity contribution in [3.8, 4) is 0 Å². The Bertz CT molecular complexity index is 878. The van der Waals surface area contributed by atoms with Crippen molar-refractivity contribution in [2.45, 2.75) is 33.6 Å². The van der Waals surface area contributed by atoms with Crippen molar-refractivity contribution < 1.29 is 14.0 Å². The molecule has 0 unspecified atom stereocenters. The molecule has 5 heteroatoms. The van der Waals surface area contributed by atoms with E-state index in [-0.39, 0.29) is 17.5 Å². The summed E-state index contributed by atoms with van der Waals surface area (Å²) in [5.74, 6) is -0.472. The van der Waals surface area contributed by atoms with Crippen LogP contribution in [0.15, 0.2) is 18.2 Å². The van der Waals surface area contributed by atoms with Crippen LogP contribution >= 0.6 is 0 Å². The molecule has 0 spiro atoms. The first-order chi connectivity index (χ1) is 11.4. The number of hydrogen-bond donors (Lipinski definition) is 2. The first-order valence-electron chi connectivity index (χ1n) is 7.87. The zero-order valence-corrected chi connectivity index (χ0v) is 13.9. The van der Waals surface area contributed by atoms with Gasteiger partial charge in [-0.1, -0.05) is 0 Å². The number of H-pyrrole nitrogens is 1. The second-order valence-electron chi connectivity index (χ2n) is 6.17. The van der Waals surface area contributed by atoms with Crippen molar-refractivity contribution in [3.63, 3.8) is 0 Å². The molecule has 0 fully saturated rings. The monoisotopic (exact) mass is 326 g/mol. The molecule has 0 saturated carbocycles. The highest BCUT2D eigenvalue weighted by Gasteiger charge is 2.25. The summed E-state index contributed by atoms with van der Waals surface area (Å²) in [7, 11) is 0. The van der Waals surface area contributed by atoms with Crippen LogP contribution in [0.5, 0.6) is 0 Å². The number of carbonyl (C=O) groups is 2. The lowest BCUT2D eigenvalue weighted by Gasteiger charge is -2.01. The van der Waals surface area contributed by atoms with Crippen LogP contribution in [0, 0.1) is 19.7 Å². The summed E-state index contributed by atoms with van der Waals surface area (Å²) >= 11 is 0. The summed E-state index contributed by atoms with van der Waals surface area (Å²) in [5.41, 5.74) is 5.52. The van der Waals surface area contributed by atoms with E-state index in [1.54, 1.807) is 19.1 Å². The fourth-order valence-corrected chi connectivity index (χ4v) is 3.08. The number of amides is 1. The van der Waals surface area contributed by atoms with E-state index in [0.29, 0.717) is 29.7 Å². The van der Waals surface area contributed by atoms with Gasteiger partial charge in [-0.3, -0.25) is 4.79 Å². The maximum Gasteiger partial charge on any atom is 0.256 e. The van der Waals surface area contributed by atoms with Gasteiger partial charge in [-0.05, 0) is 62.6 Å². The van der Waals surface area contributed by atoms with Crippen molar-refractivity contribution in [1.29, 1.82) is 0 Å². The van der Waals surface area contributed by atoms with Crippen molar-refractivity contribution >= 4 is 29.0 Å². The minimum absolute atomic E-state index is 0.148. The number of ketones is 1. The number of Topliss-reactive ketones (excluding diaryl/α,β-unsaturated/α-hetero) is 1. The molecular weight excluding hydrogens is 307 g/mol. The fourth-order valence-electron chi connectivity index (χ4n) is 3.08. The van der Waals surface area contributed by atoms with Crippen molar-refractivity contribution in [2.75, 3.05) is 5.32 Å². The van der Waals surface area contributed by atoms with Gasteiger partial charge in [0.1, 0.15) is 11.6 Å². The molecule has 2 aromatic rings. The van der Waals surface area contributed by atoms with Gasteiger partial charge in [-0.25, -0.2) is 4.39 Å². The Morgan fingerprint density at radius 1 is 1.29 bits per heavy atom. The van der Waals surface area contributed by atoms with Crippen LogP contribution in [-0.2, 0) is 16.0 Å². The highest BCUT2D eigenvalue weighted by atomic mass is 19.1. The number of fused-ring (bicyclic) bond motifs is 1. The van der Waals surface area contributed by atoms with E-state index in [1.165, 1.54) is 12.1 Å². The molecule has 3 rings (SSSR count). The van der Waals surface area contributed by atoms with E-state index in [2.05, 4.69) is 10.3 Å². The highest BCUT2D eigenvalue weighted by molar-refractivity contribution is 6.34. The third kappa shape index (κ3) is 2.89. The van der Waals surface area contributed by atoms with Crippen molar-refractivity contribution in [2.24, 2.45) is 0 Å². The Kier molecular flexibility index (Phi) is 4.09. The van der Waals surface area contributed by atoms with Gasteiger partial charge in [0.15, 0.2) is 0 Å². The topological polar surface area (TPSA) is 62.0 Å². The van der Waals surface area contributed by atoms with Crippen LogP contribution in [-0.4, -0.2) is 16.7 Å². The quantitative estimate of drug-likeness (QED) is 0.840. The minimum atomic E-state index is -0.377. The lowest BCUT2D eigenvalue weighted by molar-refractivity contribution is -0.117. The van der Waals surface area contributed by atoms with Gasteiger partial charge >= 0.3 is 0 Å². The number of aromatic nitrogens is 1. The average Bonchev–Trinajstić information content (AvgIpc) is 2.95. The standard InChI is InChI=1S/C19H19FN2O2/c1-10(23)4-6-14-11(2)18(21-12(14)3)9-16-15-8-13(20)5-7-17(15)22-19(16)24/h5,7-9,21H,4,6H2,1-3H3,(H,22,24)/b16-9-. The first kappa shape index (κ1) is 16.2. The summed E-state index contributed by atoms with van der Waals surface area (Å²) in [6, 6.07) is 4.25. The number of benzene rings is 1. The Labute approximate surface area is 139 Å². The molecule has 1 aromatic carbocycles. The Morgan fingerprint density at radius 2 is 2.04 bits per heavy atom. The van der Waals surface area contributed by atoms with E-state index >= 15 is 0 Å². The number of hydrogen-bond acceptors (Lipinski definition) is 2. The zero-order chi connectivity index (χ0) is 17.4. The highest BCUT2D eigenvalue weighted by Crippen LogP contribution is 2.34. The zero-order valence-electron chi connectivity index (χ0n) is 13.9. The minimum Gasteiger partial charge on any atom is -0.359 e. The molecule has 1 amide bonds. The number of anilines is 1. The van der Waals surface area contributed by atoms with Crippen LogP contribution in [0.3, 0.4) is 0 Å². The Morgan fingerprint density at radius 3 is 2.75 bits per heavy atom. The van der Waals surface area contributed by atoms with E-state index in [4.69, 9.17) is 0 Å². The lowest BCUT2D eigenvalue weighted by atomic mass is 10.0. The van der Waals surface area contributed by atoms with Gasteiger partial charge in [-0.2, -0.15) is 0 Å². The molecule has 0 saturated heterocycles. The van der Waals surface area contributed by atoms with Crippen molar-refractivity contribution in [1.82, 2.24) is 4.98 Å². The molecule has 2 heterocycles. The van der Waals surface area contributed by atoms with Crippen LogP contribution in [0.1, 0.15) is 41.4 Å². The summed E-state index contributed by atoms with van der Waals surface area (Å²) in [6.45, 7) is 5.49. The van der Waals surface area contributed by atoms with Crippen molar-refractivity contribution in [3.05, 3.63) is 52.1 Å². The summed E-state index contributed by atoms with van der Waals surface area (Å²) in [5, 5.41) is 2.74. The Hall–Kier alpha value is -2.69. The number of carbonyl (C=O) groups excluding carboxylic acids is 2. The molecule has 0 bridgehead atoms. The van der Waals surface area contributed by atoms with Crippen LogP contribution in [0.2, 0.25) is 0 Å². The van der Waals surface area contributed by atoms with Crippen LogP contribution < -0.4 is 5.32 Å². The molecule has 1 aromatic heterocycles. The van der Waals surface area contributed by atoms with Gasteiger partial charge in [-0.15, -0.1) is 0 Å². The molecule has 0 atom stereocenters. The molecule has 1 aliphatic rings. The number of aromatic amines is 1. The summed E-state index contributed by atoms with van der Waals surface area (Å²) < 4.78 is 13.5. The number of halogens is 1. The molecular formula is C19H19FN2O2. The summed E-state index contributed by atoms with van der Waals surface area (Å²) in [6.07, 6.45) is 2.91. The third-order valence-corrected chi connectivity index (χ3v) is 4.41. The predicted molar refractivity (Wildman–Crippen MR) is 92.2 cm³/mol. The maximum atomic E-state index is 13.5. The normalized spacial score (nSPS) is 14.8. The van der Waals surface area contributed by atoms with E-state index < -0.39 is 0 Å². The van der Waals surface area contributed by atoms with Gasteiger partial charge in [0.2, 0.25) is 0 Å². The smallest absolute Gasteiger partial charge is 0.256 e. The number of nitrogens with one attached hydrogen (secondary N) is 2. The van der Waals surface area contributed by atoms with Gasteiger partial charge in [0, 0.05) is 29.1 Å². The predicted octanol–water partition coefficient (Wildman–Crippen LogP) is 3.78. The molecule has 0 aliphatic carbocycles. The van der Waals surface area contributed by atoms with Gasteiger partial charge < -0.3 is 15.1 Å². The maximum absolute atomic E-state index is 13.5. The summed E-state index contributed by atoms with van der Waals surface area (Å²) in [4.78, 5) is 26.7. The van der Waals surface area contributed by atoms with E-state index in [0.717, 1.165) is 22.5 Å². The third-order valence-electron chi connectivity index (χ3n) is 4.41. The first-order valence-corrected chi connectivity index (χ1v) is 7.87. The molecule has 124 valence electrons. The molecule has 0 radical (unpaired) electrons. The second-order valence-corrected chi connectivity index (χ2v) is 6.17. The van der Waals surface area contributed by atoms with Crippen LogP contribution in [0.25, 0.3) is 11.6 Å². The Balaban J connectivity index is 2.01. The molecule has 1 aliphatic heterocycles. The molecule has 4 nitrogen and oxygen atoms in total. The van der Waals surface area contributed by atoms with Gasteiger partial charge in [0.25, 0.3) is 5.91 Å². The largest absolute Gasteiger partial charge is 0.359 e. The molecule has 2 N–H and O–H groups in total. The average molecular weight is 326 g/mol. The molecule has 24 heavy (non-hydrogen) atoms. The van der Waals surface area contributed by atoms with E-state index in [1.807, 2.05) is 13.8 Å². The van der Waals surface area contributed by atoms with Crippen LogP contribution in [0.4, 0.5) is 10.1 Å². The van der Waals surface area contributed by atoms with E-state index in [9.17, 15) is 14.0 Å². The SMILES string of the molecule is CC(=O)CCc1c(C)[nH]c(/C=C2\C(=O)Nc3ccc(F)cc32)c1C. The fraction of sp³-hybridized carbons (Fsp3) is 0.263. The number of aryl methyl sites for hydroxylation is 1.